The second-order valence-electron chi connectivity index (χ2n) is 7.98. The third-order valence-corrected chi connectivity index (χ3v) is 8.43. The number of rotatable bonds is 5. The minimum Gasteiger partial charge on any atom is -0.378 e. The maximum Gasteiger partial charge on any atom is 0.242 e. The van der Waals surface area contributed by atoms with Crippen LogP contribution in [0.1, 0.15) is 17.5 Å². The number of carbonyl (C=O) groups is 2. The van der Waals surface area contributed by atoms with Crippen molar-refractivity contribution in [3.63, 3.8) is 0 Å². The van der Waals surface area contributed by atoms with E-state index in [9.17, 15) is 9.59 Å². The summed E-state index contributed by atoms with van der Waals surface area (Å²) in [5.41, 5.74) is 0.736. The van der Waals surface area contributed by atoms with Crippen LogP contribution in [0.3, 0.4) is 0 Å². The molecule has 2 aliphatic heterocycles. The minimum atomic E-state index is -0.942. The molecule has 5 rings (SSSR count). The standard InChI is InChI=1S/C24H22ClN3O3S2/c25-18-3-1-2-4-20(18)33-22-19(29)13-24(27-23(22)30,17-7-12-32-15-17)16-5-6-21(26-14-16)28-8-10-31-11-9-28/h1-7,12,14-15,22H,8-11,13H2,(H,27,30). The maximum absolute atomic E-state index is 13.4. The average Bonchev–Trinajstić information content (AvgIpc) is 3.39. The highest BCUT2D eigenvalue weighted by Gasteiger charge is 2.47. The summed E-state index contributed by atoms with van der Waals surface area (Å²) in [6.45, 7) is 2.94. The molecule has 3 aromatic rings. The highest BCUT2D eigenvalue weighted by atomic mass is 35.5. The summed E-state index contributed by atoms with van der Waals surface area (Å²) in [6, 6.07) is 13.1. The van der Waals surface area contributed by atoms with Gasteiger partial charge in [-0.05, 0) is 40.6 Å². The number of ether oxygens (including phenoxy) is 1. The number of halogens is 1. The summed E-state index contributed by atoms with van der Waals surface area (Å²) in [5.74, 6) is 0.412. The van der Waals surface area contributed by atoms with Gasteiger partial charge in [0.25, 0.3) is 0 Å². The fourth-order valence-electron chi connectivity index (χ4n) is 4.25. The zero-order valence-electron chi connectivity index (χ0n) is 17.7. The molecule has 0 saturated carbocycles. The molecule has 2 aliphatic rings. The maximum atomic E-state index is 13.4. The van der Waals surface area contributed by atoms with Crippen LogP contribution in [0, 0.1) is 0 Å². The summed E-state index contributed by atoms with van der Waals surface area (Å²) in [4.78, 5) is 34.2. The minimum absolute atomic E-state index is 0.132. The number of piperidine rings is 1. The quantitative estimate of drug-likeness (QED) is 0.532. The number of nitrogens with one attached hydrogen (secondary N) is 1. The Kier molecular flexibility index (Phi) is 6.42. The van der Waals surface area contributed by atoms with Crippen molar-refractivity contribution in [2.24, 2.45) is 0 Å². The topological polar surface area (TPSA) is 71.5 Å². The SMILES string of the molecule is O=C1CC(c2ccc(N3CCOCC3)nc2)(c2ccsc2)NC(=O)C1Sc1ccccc1Cl. The van der Waals surface area contributed by atoms with Gasteiger partial charge in [0.2, 0.25) is 5.91 Å². The van der Waals surface area contributed by atoms with Gasteiger partial charge in [-0.2, -0.15) is 11.3 Å². The normalized spacial score (nSPS) is 23.4. The number of nitrogens with zero attached hydrogens (tertiary/aromatic N) is 2. The van der Waals surface area contributed by atoms with Crippen LogP contribution < -0.4 is 10.2 Å². The summed E-state index contributed by atoms with van der Waals surface area (Å²) < 4.78 is 5.43. The predicted molar refractivity (Wildman–Crippen MR) is 131 cm³/mol. The summed E-state index contributed by atoms with van der Waals surface area (Å²) >= 11 is 9.00. The molecule has 6 nitrogen and oxygen atoms in total. The Morgan fingerprint density at radius 2 is 1.94 bits per heavy atom. The number of morpholine rings is 1. The number of thioether (sulfide) groups is 1. The lowest BCUT2D eigenvalue weighted by Gasteiger charge is -2.40. The van der Waals surface area contributed by atoms with Gasteiger partial charge in [0.05, 0.1) is 23.8 Å². The summed E-state index contributed by atoms with van der Waals surface area (Å²) in [6.07, 6.45) is 1.92. The first-order valence-corrected chi connectivity index (χ1v) is 12.8. The Labute approximate surface area is 205 Å². The second-order valence-corrected chi connectivity index (χ2v) is 10.3. The van der Waals surface area contributed by atoms with Crippen LogP contribution >= 0.6 is 34.7 Å². The van der Waals surface area contributed by atoms with Crippen molar-refractivity contribution in [3.8, 4) is 0 Å². The lowest BCUT2D eigenvalue weighted by Crippen LogP contribution is -2.58. The zero-order chi connectivity index (χ0) is 22.8. The zero-order valence-corrected chi connectivity index (χ0v) is 20.1. The first kappa shape index (κ1) is 22.4. The molecule has 1 N–H and O–H groups in total. The van der Waals surface area contributed by atoms with E-state index in [1.54, 1.807) is 12.3 Å². The monoisotopic (exact) mass is 499 g/mol. The third kappa shape index (κ3) is 4.40. The number of anilines is 1. The Bertz CT molecular complexity index is 1130. The number of aromatic nitrogens is 1. The van der Waals surface area contributed by atoms with E-state index >= 15 is 0 Å². The molecule has 2 aromatic heterocycles. The van der Waals surface area contributed by atoms with Crippen LogP contribution in [0.4, 0.5) is 5.82 Å². The third-order valence-electron chi connectivity index (χ3n) is 5.98. The van der Waals surface area contributed by atoms with E-state index in [2.05, 4.69) is 15.2 Å². The van der Waals surface area contributed by atoms with Crippen LogP contribution in [0.15, 0.2) is 64.3 Å². The van der Waals surface area contributed by atoms with Gasteiger partial charge in [0, 0.05) is 36.2 Å². The molecule has 9 heteroatoms. The van der Waals surface area contributed by atoms with Crippen molar-refractivity contribution in [2.45, 2.75) is 22.1 Å². The van der Waals surface area contributed by atoms with Crippen molar-refractivity contribution in [1.82, 2.24) is 10.3 Å². The predicted octanol–water partition coefficient (Wildman–Crippen LogP) is 4.13. The average molecular weight is 500 g/mol. The van der Waals surface area contributed by atoms with Crippen LogP contribution in [-0.2, 0) is 19.9 Å². The molecule has 1 amide bonds. The molecule has 0 aliphatic carbocycles. The van der Waals surface area contributed by atoms with Gasteiger partial charge in [0.15, 0.2) is 5.78 Å². The second kappa shape index (κ2) is 9.46. The fraction of sp³-hybridized carbons (Fsp3) is 0.292. The number of Topliss-reactive ketones (excluding diaryl/α,β-unsaturated/α-hetero) is 1. The molecule has 33 heavy (non-hydrogen) atoms. The number of amides is 1. The van der Waals surface area contributed by atoms with Crippen LogP contribution in [0.5, 0.6) is 0 Å². The van der Waals surface area contributed by atoms with E-state index < -0.39 is 10.8 Å². The molecule has 0 bridgehead atoms. The molecule has 0 radical (unpaired) electrons. The van der Waals surface area contributed by atoms with Gasteiger partial charge in [-0.3, -0.25) is 9.59 Å². The van der Waals surface area contributed by atoms with E-state index in [4.69, 9.17) is 16.3 Å². The van der Waals surface area contributed by atoms with Gasteiger partial charge in [-0.1, -0.05) is 29.8 Å². The molecule has 1 aromatic carbocycles. The first-order chi connectivity index (χ1) is 16.1. The number of hydrogen-bond donors (Lipinski definition) is 1. The fourth-order valence-corrected chi connectivity index (χ4v) is 6.22. The highest BCUT2D eigenvalue weighted by Crippen LogP contribution is 2.41. The lowest BCUT2D eigenvalue weighted by molar-refractivity contribution is -0.132. The van der Waals surface area contributed by atoms with Crippen LogP contribution in [-0.4, -0.2) is 48.2 Å². The van der Waals surface area contributed by atoms with Gasteiger partial charge in [0.1, 0.15) is 11.1 Å². The number of benzene rings is 1. The van der Waals surface area contributed by atoms with Gasteiger partial charge < -0.3 is 15.0 Å². The molecule has 4 heterocycles. The molecular weight excluding hydrogens is 478 g/mol. The van der Waals surface area contributed by atoms with Crippen molar-refractivity contribution < 1.29 is 14.3 Å². The molecule has 2 atom stereocenters. The molecule has 2 fully saturated rings. The summed E-state index contributed by atoms with van der Waals surface area (Å²) in [7, 11) is 0. The largest absolute Gasteiger partial charge is 0.378 e. The van der Waals surface area contributed by atoms with Crippen molar-refractivity contribution in [2.75, 3.05) is 31.2 Å². The van der Waals surface area contributed by atoms with E-state index in [1.807, 2.05) is 47.2 Å². The van der Waals surface area contributed by atoms with E-state index in [1.165, 1.54) is 23.1 Å². The van der Waals surface area contributed by atoms with E-state index in [0.717, 1.165) is 30.0 Å². The van der Waals surface area contributed by atoms with Crippen LogP contribution in [0.25, 0.3) is 0 Å². The number of thiophene rings is 1. The highest BCUT2D eigenvalue weighted by molar-refractivity contribution is 8.01. The Morgan fingerprint density at radius 3 is 2.61 bits per heavy atom. The number of hydrogen-bond acceptors (Lipinski definition) is 7. The van der Waals surface area contributed by atoms with Gasteiger partial charge in [-0.15, -0.1) is 11.8 Å². The smallest absolute Gasteiger partial charge is 0.242 e. The molecular formula is C24H22ClN3O3S2. The number of carbonyl (C=O) groups excluding carboxylic acids is 2. The van der Waals surface area contributed by atoms with E-state index in [-0.39, 0.29) is 18.1 Å². The van der Waals surface area contributed by atoms with E-state index in [0.29, 0.717) is 23.1 Å². The lowest BCUT2D eigenvalue weighted by atomic mass is 9.77. The van der Waals surface area contributed by atoms with Crippen molar-refractivity contribution >= 4 is 52.2 Å². The van der Waals surface area contributed by atoms with Gasteiger partial charge >= 0.3 is 0 Å². The number of ketones is 1. The molecule has 0 spiro atoms. The summed E-state index contributed by atoms with van der Waals surface area (Å²) in [5, 5.41) is 6.79. The first-order valence-electron chi connectivity index (χ1n) is 10.6. The molecule has 170 valence electrons. The van der Waals surface area contributed by atoms with Crippen LogP contribution in [0.2, 0.25) is 5.02 Å². The Balaban J connectivity index is 1.45. The van der Waals surface area contributed by atoms with Crippen molar-refractivity contribution in [3.05, 3.63) is 75.6 Å². The molecule has 2 unspecified atom stereocenters. The Hall–Kier alpha value is -2.39. The Morgan fingerprint density at radius 1 is 1.12 bits per heavy atom. The number of pyridine rings is 1. The molecule has 2 saturated heterocycles. The van der Waals surface area contributed by atoms with Gasteiger partial charge in [-0.25, -0.2) is 4.98 Å². The van der Waals surface area contributed by atoms with Crippen molar-refractivity contribution in [1.29, 1.82) is 0 Å².